The van der Waals surface area contributed by atoms with Crippen LogP contribution in [0.1, 0.15) is 5.56 Å². The van der Waals surface area contributed by atoms with Gasteiger partial charge in [-0.05, 0) is 11.4 Å². The SMILES string of the molecule is COc1sccc1CN(C(=O)CCl)[C@@H]1COC[C@H]1OC. The lowest BCUT2D eigenvalue weighted by molar-refractivity contribution is -0.133. The molecule has 0 saturated carbocycles. The van der Waals surface area contributed by atoms with Crippen molar-refractivity contribution in [3.05, 3.63) is 17.0 Å². The predicted molar refractivity (Wildman–Crippen MR) is 77.5 cm³/mol. The number of amides is 1. The minimum Gasteiger partial charge on any atom is -0.487 e. The lowest BCUT2D eigenvalue weighted by Crippen LogP contribution is -2.47. The number of rotatable bonds is 6. The number of alkyl halides is 1. The van der Waals surface area contributed by atoms with E-state index in [2.05, 4.69) is 0 Å². The maximum absolute atomic E-state index is 12.1. The molecule has 2 atom stereocenters. The van der Waals surface area contributed by atoms with Gasteiger partial charge in [-0.15, -0.1) is 22.9 Å². The van der Waals surface area contributed by atoms with Crippen molar-refractivity contribution in [1.29, 1.82) is 0 Å². The number of hydrogen-bond donors (Lipinski definition) is 0. The molecule has 2 heterocycles. The van der Waals surface area contributed by atoms with Crippen molar-refractivity contribution < 1.29 is 19.0 Å². The zero-order valence-electron chi connectivity index (χ0n) is 11.5. The first-order valence-corrected chi connectivity index (χ1v) is 7.69. The molecule has 1 aliphatic heterocycles. The lowest BCUT2D eigenvalue weighted by atomic mass is 10.1. The molecular weight excluding hydrogens is 302 g/mol. The molecule has 1 aromatic rings. The molecule has 5 nitrogen and oxygen atoms in total. The summed E-state index contributed by atoms with van der Waals surface area (Å²) in [6.07, 6.45) is -0.119. The van der Waals surface area contributed by atoms with Gasteiger partial charge in [0.25, 0.3) is 0 Å². The van der Waals surface area contributed by atoms with Crippen LogP contribution < -0.4 is 4.74 Å². The number of carbonyl (C=O) groups excluding carboxylic acids is 1. The molecule has 1 amide bonds. The third-order valence-corrected chi connectivity index (χ3v) is 4.51. The molecule has 0 N–H and O–H groups in total. The summed E-state index contributed by atoms with van der Waals surface area (Å²) in [6, 6.07) is 1.84. The first kappa shape index (κ1) is 15.6. The van der Waals surface area contributed by atoms with Crippen molar-refractivity contribution in [1.82, 2.24) is 4.90 Å². The first-order chi connectivity index (χ1) is 9.71. The Labute approximate surface area is 127 Å². The van der Waals surface area contributed by atoms with Gasteiger partial charge in [0.15, 0.2) is 5.06 Å². The maximum Gasteiger partial charge on any atom is 0.238 e. The Kier molecular flexibility index (Phi) is 5.65. The summed E-state index contributed by atoms with van der Waals surface area (Å²) in [7, 11) is 3.25. The summed E-state index contributed by atoms with van der Waals surface area (Å²) in [5.74, 6) is -0.184. The summed E-state index contributed by atoms with van der Waals surface area (Å²) in [5, 5.41) is 2.75. The summed E-state index contributed by atoms with van der Waals surface area (Å²) in [5.41, 5.74) is 0.970. The zero-order chi connectivity index (χ0) is 14.5. The van der Waals surface area contributed by atoms with E-state index in [0.29, 0.717) is 19.8 Å². The van der Waals surface area contributed by atoms with Gasteiger partial charge in [0.1, 0.15) is 12.0 Å². The molecule has 0 unspecified atom stereocenters. The number of methoxy groups -OCH3 is 2. The van der Waals surface area contributed by atoms with Gasteiger partial charge < -0.3 is 19.1 Å². The summed E-state index contributed by atoms with van der Waals surface area (Å²) in [6.45, 7) is 1.41. The molecule has 0 radical (unpaired) electrons. The Balaban J connectivity index is 2.17. The number of carbonyl (C=O) groups is 1. The van der Waals surface area contributed by atoms with Crippen LogP contribution in [0.2, 0.25) is 0 Å². The van der Waals surface area contributed by atoms with Crippen molar-refractivity contribution in [3.8, 4) is 5.06 Å². The molecule has 0 bridgehead atoms. The number of thiophene rings is 1. The fourth-order valence-corrected chi connectivity index (χ4v) is 3.20. The minimum atomic E-state index is -0.127. The average molecular weight is 320 g/mol. The van der Waals surface area contributed by atoms with Gasteiger partial charge in [0.05, 0.1) is 32.9 Å². The molecule has 0 spiro atoms. The van der Waals surface area contributed by atoms with Gasteiger partial charge in [-0.25, -0.2) is 0 Å². The molecule has 2 rings (SSSR count). The van der Waals surface area contributed by atoms with Crippen molar-refractivity contribution in [3.63, 3.8) is 0 Å². The van der Waals surface area contributed by atoms with Gasteiger partial charge in [-0.1, -0.05) is 0 Å². The first-order valence-electron chi connectivity index (χ1n) is 6.27. The van der Waals surface area contributed by atoms with E-state index < -0.39 is 0 Å². The Morgan fingerprint density at radius 3 is 3.00 bits per heavy atom. The van der Waals surface area contributed by atoms with E-state index in [4.69, 9.17) is 25.8 Å². The highest BCUT2D eigenvalue weighted by Gasteiger charge is 2.36. The molecule has 1 saturated heterocycles. The monoisotopic (exact) mass is 319 g/mol. The smallest absolute Gasteiger partial charge is 0.238 e. The topological polar surface area (TPSA) is 48.0 Å². The Morgan fingerprint density at radius 1 is 1.55 bits per heavy atom. The normalized spacial score (nSPS) is 21.9. The van der Waals surface area contributed by atoms with Gasteiger partial charge in [-0.3, -0.25) is 4.79 Å². The third-order valence-electron chi connectivity index (χ3n) is 3.37. The van der Waals surface area contributed by atoms with Crippen LogP contribution >= 0.6 is 22.9 Å². The highest BCUT2D eigenvalue weighted by molar-refractivity contribution is 7.12. The van der Waals surface area contributed by atoms with E-state index in [1.165, 1.54) is 11.3 Å². The number of halogens is 1. The highest BCUT2D eigenvalue weighted by Crippen LogP contribution is 2.28. The van der Waals surface area contributed by atoms with Crippen molar-refractivity contribution in [2.24, 2.45) is 0 Å². The molecule has 112 valence electrons. The predicted octanol–water partition coefficient (Wildman–Crippen LogP) is 1.74. The van der Waals surface area contributed by atoms with Gasteiger partial charge in [0, 0.05) is 12.7 Å². The van der Waals surface area contributed by atoms with E-state index in [0.717, 1.165) is 10.6 Å². The van der Waals surface area contributed by atoms with Crippen molar-refractivity contribution in [2.45, 2.75) is 18.7 Å². The summed E-state index contributed by atoms with van der Waals surface area (Å²) >= 11 is 7.23. The van der Waals surface area contributed by atoms with Crippen LogP contribution in [-0.4, -0.2) is 56.3 Å². The average Bonchev–Trinajstić information content (AvgIpc) is 3.11. The van der Waals surface area contributed by atoms with Gasteiger partial charge in [0.2, 0.25) is 5.91 Å². The standard InChI is InChI=1S/C13H18ClNO4S/c1-17-11-8-19-7-10(11)15(12(16)5-14)6-9-3-4-20-13(9)18-2/h3-4,10-11H,5-8H2,1-2H3/t10-,11-/m1/s1. The van der Waals surface area contributed by atoms with Crippen LogP contribution in [0.4, 0.5) is 0 Å². The fraction of sp³-hybridized carbons (Fsp3) is 0.615. The fourth-order valence-electron chi connectivity index (χ4n) is 2.31. The lowest BCUT2D eigenvalue weighted by Gasteiger charge is -2.30. The Bertz CT molecular complexity index is 453. The number of nitrogens with zero attached hydrogens (tertiary/aromatic N) is 1. The molecule has 0 aliphatic carbocycles. The quantitative estimate of drug-likeness (QED) is 0.749. The Hall–Kier alpha value is -0.820. The second kappa shape index (κ2) is 7.26. The van der Waals surface area contributed by atoms with E-state index in [9.17, 15) is 4.79 Å². The van der Waals surface area contributed by atoms with Crippen LogP contribution in [0.15, 0.2) is 11.4 Å². The van der Waals surface area contributed by atoms with E-state index in [1.807, 2.05) is 11.4 Å². The van der Waals surface area contributed by atoms with Crippen molar-refractivity contribution in [2.75, 3.05) is 33.3 Å². The Morgan fingerprint density at radius 2 is 2.35 bits per heavy atom. The summed E-state index contributed by atoms with van der Waals surface area (Å²) < 4.78 is 16.1. The van der Waals surface area contributed by atoms with Gasteiger partial charge in [-0.2, -0.15) is 0 Å². The third kappa shape index (κ3) is 3.25. The second-order valence-electron chi connectivity index (χ2n) is 4.47. The van der Waals surface area contributed by atoms with Crippen LogP contribution in [0, 0.1) is 0 Å². The van der Waals surface area contributed by atoms with Crippen LogP contribution in [0.5, 0.6) is 5.06 Å². The second-order valence-corrected chi connectivity index (χ2v) is 5.62. The number of ether oxygens (including phenoxy) is 3. The van der Waals surface area contributed by atoms with Crippen molar-refractivity contribution >= 4 is 28.8 Å². The largest absolute Gasteiger partial charge is 0.487 e. The molecule has 20 heavy (non-hydrogen) atoms. The van der Waals surface area contributed by atoms with Gasteiger partial charge >= 0.3 is 0 Å². The summed E-state index contributed by atoms with van der Waals surface area (Å²) in [4.78, 5) is 13.9. The molecule has 1 aromatic heterocycles. The molecule has 1 fully saturated rings. The molecule has 7 heteroatoms. The van der Waals surface area contributed by atoms with Crippen LogP contribution in [0.25, 0.3) is 0 Å². The maximum atomic E-state index is 12.1. The molecular formula is C13H18ClNO4S. The van der Waals surface area contributed by atoms with E-state index in [1.54, 1.807) is 19.1 Å². The zero-order valence-corrected chi connectivity index (χ0v) is 13.1. The van der Waals surface area contributed by atoms with E-state index in [-0.39, 0.29) is 23.9 Å². The van der Waals surface area contributed by atoms with Crippen LogP contribution in [0.3, 0.4) is 0 Å². The van der Waals surface area contributed by atoms with E-state index >= 15 is 0 Å². The highest BCUT2D eigenvalue weighted by atomic mass is 35.5. The molecule has 0 aromatic carbocycles. The minimum absolute atomic E-state index is 0.0562. The van der Waals surface area contributed by atoms with Crippen LogP contribution in [-0.2, 0) is 20.8 Å². The number of hydrogen-bond acceptors (Lipinski definition) is 5. The molecule has 1 aliphatic rings.